The first kappa shape index (κ1) is 15.9. The van der Waals surface area contributed by atoms with E-state index < -0.39 is 15.9 Å². The Morgan fingerprint density at radius 2 is 2.11 bits per heavy atom. The van der Waals surface area contributed by atoms with Crippen LogP contribution in [0.2, 0.25) is 0 Å². The summed E-state index contributed by atoms with van der Waals surface area (Å²) in [6.45, 7) is 2.07. The molecule has 2 N–H and O–H groups in total. The van der Waals surface area contributed by atoms with Crippen molar-refractivity contribution in [2.75, 3.05) is 25.7 Å². The number of nitrogens with one attached hydrogen (secondary N) is 1. The molecule has 0 bridgehead atoms. The number of benzene rings is 1. The van der Waals surface area contributed by atoms with Gasteiger partial charge < -0.3 is 15.2 Å². The highest BCUT2D eigenvalue weighted by Gasteiger charge is 2.13. The van der Waals surface area contributed by atoms with Crippen molar-refractivity contribution >= 4 is 9.84 Å². The van der Waals surface area contributed by atoms with Gasteiger partial charge in [-0.05, 0) is 24.6 Å². The summed E-state index contributed by atoms with van der Waals surface area (Å²) >= 11 is 0. The molecule has 108 valence electrons. The van der Waals surface area contributed by atoms with Crippen LogP contribution in [-0.2, 0) is 9.84 Å². The zero-order chi connectivity index (χ0) is 14.5. The van der Waals surface area contributed by atoms with Crippen molar-refractivity contribution in [1.29, 1.82) is 0 Å². The second kappa shape index (κ2) is 6.88. The number of aliphatic hydroxyl groups is 1. The van der Waals surface area contributed by atoms with Crippen LogP contribution in [0, 0.1) is 0 Å². The van der Waals surface area contributed by atoms with E-state index in [1.54, 1.807) is 38.3 Å². The van der Waals surface area contributed by atoms with Crippen molar-refractivity contribution in [1.82, 2.24) is 5.32 Å². The second-order valence-corrected chi connectivity index (χ2v) is 6.88. The fraction of sp³-hybridized carbons (Fsp3) is 0.538. The standard InChI is InChI=1S/C13H21NO4S/c1-10(9-19(3,16)17)14-8-13(15)11-5-4-6-12(7-11)18-2/h4-7,10,13-15H,8-9H2,1-3H3. The van der Waals surface area contributed by atoms with Gasteiger partial charge in [-0.2, -0.15) is 0 Å². The van der Waals surface area contributed by atoms with Gasteiger partial charge in [0, 0.05) is 18.8 Å². The molecule has 0 heterocycles. The van der Waals surface area contributed by atoms with Crippen molar-refractivity contribution < 1.29 is 18.3 Å². The largest absolute Gasteiger partial charge is 0.497 e. The van der Waals surface area contributed by atoms with Crippen molar-refractivity contribution in [3.63, 3.8) is 0 Å². The van der Waals surface area contributed by atoms with E-state index in [0.29, 0.717) is 12.3 Å². The summed E-state index contributed by atoms with van der Waals surface area (Å²) in [5, 5.41) is 13.0. The Bertz CT molecular complexity index is 501. The van der Waals surface area contributed by atoms with Crippen LogP contribution < -0.4 is 10.1 Å². The predicted molar refractivity (Wildman–Crippen MR) is 75.1 cm³/mol. The summed E-state index contributed by atoms with van der Waals surface area (Å²) in [4.78, 5) is 0. The highest BCUT2D eigenvalue weighted by molar-refractivity contribution is 7.90. The average molecular weight is 287 g/mol. The monoisotopic (exact) mass is 287 g/mol. The first-order valence-corrected chi connectivity index (χ1v) is 8.11. The fourth-order valence-electron chi connectivity index (χ4n) is 1.79. The molecule has 0 aliphatic carbocycles. The van der Waals surface area contributed by atoms with Gasteiger partial charge in [-0.15, -0.1) is 0 Å². The molecule has 5 nitrogen and oxygen atoms in total. The van der Waals surface area contributed by atoms with Gasteiger partial charge in [0.2, 0.25) is 0 Å². The van der Waals surface area contributed by atoms with Crippen LogP contribution in [-0.4, -0.2) is 45.2 Å². The Labute approximate surface area is 114 Å². The number of rotatable bonds is 7. The van der Waals surface area contributed by atoms with E-state index in [1.165, 1.54) is 6.26 Å². The van der Waals surface area contributed by atoms with Crippen molar-refractivity contribution in [2.45, 2.75) is 19.1 Å². The van der Waals surface area contributed by atoms with Crippen LogP contribution in [0.1, 0.15) is 18.6 Å². The minimum absolute atomic E-state index is 0.0534. The summed E-state index contributed by atoms with van der Waals surface area (Å²) in [6.07, 6.45) is 0.501. The lowest BCUT2D eigenvalue weighted by Gasteiger charge is -2.17. The van der Waals surface area contributed by atoms with Crippen molar-refractivity contribution in [3.8, 4) is 5.75 Å². The normalized spacial score (nSPS) is 14.9. The number of methoxy groups -OCH3 is 1. The molecule has 0 aliphatic heterocycles. The van der Waals surface area contributed by atoms with Crippen LogP contribution in [0.25, 0.3) is 0 Å². The summed E-state index contributed by atoms with van der Waals surface area (Å²) in [5.41, 5.74) is 0.735. The van der Waals surface area contributed by atoms with Gasteiger partial charge >= 0.3 is 0 Å². The SMILES string of the molecule is COc1cccc(C(O)CNC(C)CS(C)(=O)=O)c1. The van der Waals surface area contributed by atoms with E-state index in [1.807, 2.05) is 0 Å². The highest BCUT2D eigenvalue weighted by atomic mass is 32.2. The Kier molecular flexibility index (Phi) is 5.78. The zero-order valence-electron chi connectivity index (χ0n) is 11.5. The molecular weight excluding hydrogens is 266 g/mol. The first-order valence-electron chi connectivity index (χ1n) is 6.05. The second-order valence-electron chi connectivity index (χ2n) is 4.69. The van der Waals surface area contributed by atoms with Gasteiger partial charge in [0.15, 0.2) is 0 Å². The molecule has 2 atom stereocenters. The average Bonchev–Trinajstić information content (AvgIpc) is 2.34. The molecular formula is C13H21NO4S. The van der Waals surface area contributed by atoms with Crippen molar-refractivity contribution in [3.05, 3.63) is 29.8 Å². The number of aliphatic hydroxyl groups excluding tert-OH is 1. The summed E-state index contributed by atoms with van der Waals surface area (Å²) < 4.78 is 27.3. The Morgan fingerprint density at radius 3 is 2.68 bits per heavy atom. The number of hydrogen-bond donors (Lipinski definition) is 2. The molecule has 0 spiro atoms. The Morgan fingerprint density at radius 1 is 1.42 bits per heavy atom. The Balaban J connectivity index is 2.53. The van der Waals surface area contributed by atoms with Crippen LogP contribution in [0.3, 0.4) is 0 Å². The minimum atomic E-state index is -3.01. The molecule has 0 saturated heterocycles. The van der Waals surface area contributed by atoms with E-state index >= 15 is 0 Å². The maximum absolute atomic E-state index is 11.1. The molecule has 1 aromatic carbocycles. The minimum Gasteiger partial charge on any atom is -0.497 e. The third-order valence-corrected chi connectivity index (χ3v) is 3.80. The molecule has 6 heteroatoms. The summed E-state index contributed by atoms with van der Waals surface area (Å²) in [5.74, 6) is 0.735. The van der Waals surface area contributed by atoms with Crippen LogP contribution in [0.15, 0.2) is 24.3 Å². The van der Waals surface area contributed by atoms with Crippen LogP contribution in [0.5, 0.6) is 5.75 Å². The molecule has 1 rings (SSSR count). The molecule has 2 unspecified atom stereocenters. The smallest absolute Gasteiger partial charge is 0.148 e. The number of sulfone groups is 1. The predicted octanol–water partition coefficient (Wildman–Crippen LogP) is 0.751. The lowest BCUT2D eigenvalue weighted by atomic mass is 10.1. The number of ether oxygens (including phenoxy) is 1. The molecule has 0 aliphatic rings. The molecule has 1 aromatic rings. The van der Waals surface area contributed by atoms with Gasteiger partial charge in [0.25, 0.3) is 0 Å². The molecule has 0 saturated carbocycles. The Hall–Kier alpha value is -1.11. The first-order chi connectivity index (χ1) is 8.81. The van der Waals surface area contributed by atoms with E-state index in [2.05, 4.69) is 5.32 Å². The lowest BCUT2D eigenvalue weighted by Crippen LogP contribution is -2.35. The molecule has 0 amide bonds. The zero-order valence-corrected chi connectivity index (χ0v) is 12.3. The summed E-state index contributed by atoms with van der Waals surface area (Å²) in [7, 11) is -1.44. The van der Waals surface area contributed by atoms with E-state index in [-0.39, 0.29) is 11.8 Å². The summed E-state index contributed by atoms with van der Waals surface area (Å²) in [6, 6.07) is 6.96. The van der Waals surface area contributed by atoms with Crippen LogP contribution >= 0.6 is 0 Å². The lowest BCUT2D eigenvalue weighted by molar-refractivity contribution is 0.171. The molecule has 0 radical (unpaired) electrons. The number of hydrogen-bond acceptors (Lipinski definition) is 5. The fourth-order valence-corrected chi connectivity index (χ4v) is 2.82. The van der Waals surface area contributed by atoms with Gasteiger partial charge in [0.05, 0.1) is 19.0 Å². The molecule has 0 fully saturated rings. The highest BCUT2D eigenvalue weighted by Crippen LogP contribution is 2.18. The van der Waals surface area contributed by atoms with Crippen molar-refractivity contribution in [2.24, 2.45) is 0 Å². The van der Waals surface area contributed by atoms with Gasteiger partial charge in [-0.3, -0.25) is 0 Å². The maximum atomic E-state index is 11.1. The van der Waals surface area contributed by atoms with Gasteiger partial charge in [-0.1, -0.05) is 12.1 Å². The van der Waals surface area contributed by atoms with E-state index in [0.717, 1.165) is 5.56 Å². The third-order valence-electron chi connectivity index (χ3n) is 2.69. The van der Waals surface area contributed by atoms with E-state index in [9.17, 15) is 13.5 Å². The molecule has 0 aromatic heterocycles. The molecule has 19 heavy (non-hydrogen) atoms. The quantitative estimate of drug-likeness (QED) is 0.774. The van der Waals surface area contributed by atoms with E-state index in [4.69, 9.17) is 4.74 Å². The van der Waals surface area contributed by atoms with Gasteiger partial charge in [0.1, 0.15) is 15.6 Å². The van der Waals surface area contributed by atoms with Crippen LogP contribution in [0.4, 0.5) is 0 Å². The topological polar surface area (TPSA) is 75.6 Å². The maximum Gasteiger partial charge on any atom is 0.148 e. The third kappa shape index (κ3) is 6.04. The van der Waals surface area contributed by atoms with Gasteiger partial charge in [-0.25, -0.2) is 8.42 Å².